The summed E-state index contributed by atoms with van der Waals surface area (Å²) in [4.78, 5) is 2.16. The van der Waals surface area contributed by atoms with Gasteiger partial charge in [-0.2, -0.15) is 0 Å². The number of para-hydroxylation sites is 1. The molecule has 1 fully saturated rings. The van der Waals surface area contributed by atoms with Gasteiger partial charge in [0.15, 0.2) is 11.6 Å². The Hall–Kier alpha value is -2.67. The number of methoxy groups -OCH3 is 1. The van der Waals surface area contributed by atoms with Gasteiger partial charge in [0.25, 0.3) is 0 Å². The molecule has 1 aliphatic heterocycles. The maximum atomic E-state index is 14.0. The van der Waals surface area contributed by atoms with Gasteiger partial charge in [-0.1, -0.05) is 30.3 Å². The normalized spacial score (nSPS) is 16.4. The van der Waals surface area contributed by atoms with E-state index in [1.165, 1.54) is 13.2 Å². The summed E-state index contributed by atoms with van der Waals surface area (Å²) in [6, 6.07) is 16.6. The van der Waals surface area contributed by atoms with Crippen molar-refractivity contribution in [3.63, 3.8) is 0 Å². The molecule has 1 heterocycles. The smallest absolute Gasteiger partial charge is 0.165 e. The van der Waals surface area contributed by atoms with Crippen LogP contribution in [0.4, 0.5) is 4.39 Å². The molecule has 3 aromatic carbocycles. The Bertz CT molecular complexity index is 1030. The van der Waals surface area contributed by atoms with Crippen LogP contribution in [-0.2, 0) is 0 Å². The van der Waals surface area contributed by atoms with Crippen LogP contribution in [0.15, 0.2) is 54.6 Å². The molecule has 0 saturated carbocycles. The molecule has 1 aliphatic rings. The van der Waals surface area contributed by atoms with Crippen LogP contribution in [0, 0.1) is 5.82 Å². The molecule has 1 saturated heterocycles. The first-order chi connectivity index (χ1) is 15.0. The molecular formula is C25H28FNO4. The van der Waals surface area contributed by atoms with E-state index >= 15 is 0 Å². The molecule has 3 aromatic rings. The summed E-state index contributed by atoms with van der Waals surface area (Å²) in [7, 11) is 1.47. The second-order valence-electron chi connectivity index (χ2n) is 8.04. The number of hydrogen-bond acceptors (Lipinski definition) is 5. The molecule has 6 heteroatoms. The van der Waals surface area contributed by atoms with Crippen molar-refractivity contribution in [1.82, 2.24) is 4.90 Å². The number of aliphatic hydroxyl groups excluding tert-OH is 2. The van der Waals surface area contributed by atoms with Crippen molar-refractivity contribution < 1.29 is 24.1 Å². The lowest BCUT2D eigenvalue weighted by molar-refractivity contribution is 0.0338. The van der Waals surface area contributed by atoms with Crippen LogP contribution in [0.5, 0.6) is 11.5 Å². The van der Waals surface area contributed by atoms with Gasteiger partial charge in [0.2, 0.25) is 0 Å². The van der Waals surface area contributed by atoms with E-state index in [1.54, 1.807) is 6.07 Å². The molecule has 1 unspecified atom stereocenters. The number of ether oxygens (including phenoxy) is 2. The lowest BCUT2D eigenvalue weighted by Crippen LogP contribution is -2.41. The number of benzene rings is 3. The predicted molar refractivity (Wildman–Crippen MR) is 119 cm³/mol. The van der Waals surface area contributed by atoms with Crippen molar-refractivity contribution in [2.24, 2.45) is 0 Å². The Morgan fingerprint density at radius 1 is 1.06 bits per heavy atom. The Morgan fingerprint density at radius 3 is 2.58 bits per heavy atom. The second-order valence-corrected chi connectivity index (χ2v) is 8.04. The highest BCUT2D eigenvalue weighted by molar-refractivity contribution is 5.89. The topological polar surface area (TPSA) is 62.2 Å². The molecule has 4 rings (SSSR count). The molecule has 0 aliphatic carbocycles. The van der Waals surface area contributed by atoms with Crippen LogP contribution < -0.4 is 9.47 Å². The molecule has 31 heavy (non-hydrogen) atoms. The first kappa shape index (κ1) is 21.6. The number of hydrogen-bond donors (Lipinski definition) is 2. The van der Waals surface area contributed by atoms with E-state index in [-0.39, 0.29) is 24.3 Å². The third-order valence-corrected chi connectivity index (χ3v) is 5.76. The van der Waals surface area contributed by atoms with Gasteiger partial charge < -0.3 is 24.6 Å². The molecular weight excluding hydrogens is 397 g/mol. The van der Waals surface area contributed by atoms with Gasteiger partial charge >= 0.3 is 0 Å². The zero-order valence-corrected chi connectivity index (χ0v) is 17.6. The van der Waals surface area contributed by atoms with Crippen molar-refractivity contribution in [2.75, 3.05) is 33.4 Å². The minimum atomic E-state index is -0.589. The predicted octanol–water partition coefficient (Wildman–Crippen LogP) is 3.85. The average molecular weight is 426 g/mol. The van der Waals surface area contributed by atoms with E-state index in [9.17, 15) is 14.6 Å². The summed E-state index contributed by atoms with van der Waals surface area (Å²) < 4.78 is 25.1. The highest BCUT2D eigenvalue weighted by Gasteiger charge is 2.19. The number of piperidine rings is 1. The Kier molecular flexibility index (Phi) is 6.70. The summed E-state index contributed by atoms with van der Waals surface area (Å²) in [5.41, 5.74) is 1.58. The number of aliphatic hydroxyl groups is 2. The van der Waals surface area contributed by atoms with Crippen molar-refractivity contribution in [3.8, 4) is 22.6 Å². The summed E-state index contributed by atoms with van der Waals surface area (Å²) in [5, 5.41) is 21.9. The lowest BCUT2D eigenvalue weighted by atomic mass is 10.00. The zero-order chi connectivity index (χ0) is 21.8. The average Bonchev–Trinajstić information content (AvgIpc) is 2.78. The van der Waals surface area contributed by atoms with Gasteiger partial charge in [0.1, 0.15) is 18.5 Å². The first-order valence-electron chi connectivity index (χ1n) is 10.6. The summed E-state index contributed by atoms with van der Waals surface area (Å²) in [6.45, 7) is 2.35. The molecule has 1 atom stereocenters. The van der Waals surface area contributed by atoms with E-state index in [0.29, 0.717) is 17.9 Å². The molecule has 2 N–H and O–H groups in total. The molecule has 0 aromatic heterocycles. The van der Waals surface area contributed by atoms with E-state index in [2.05, 4.69) is 4.90 Å². The van der Waals surface area contributed by atoms with Crippen LogP contribution in [-0.4, -0.2) is 60.7 Å². The largest absolute Gasteiger partial charge is 0.493 e. The minimum Gasteiger partial charge on any atom is -0.493 e. The fourth-order valence-corrected chi connectivity index (χ4v) is 4.07. The van der Waals surface area contributed by atoms with Crippen LogP contribution in [0.25, 0.3) is 21.9 Å². The zero-order valence-electron chi connectivity index (χ0n) is 17.6. The van der Waals surface area contributed by atoms with Gasteiger partial charge in [0.05, 0.1) is 13.2 Å². The van der Waals surface area contributed by atoms with Crippen molar-refractivity contribution in [3.05, 3.63) is 60.4 Å². The van der Waals surface area contributed by atoms with Gasteiger partial charge in [-0.3, -0.25) is 0 Å². The van der Waals surface area contributed by atoms with Crippen LogP contribution in [0.3, 0.4) is 0 Å². The Labute approximate surface area is 181 Å². The molecule has 0 spiro atoms. The maximum absolute atomic E-state index is 14.0. The van der Waals surface area contributed by atoms with Crippen LogP contribution in [0.1, 0.15) is 12.8 Å². The number of rotatable bonds is 7. The van der Waals surface area contributed by atoms with E-state index in [0.717, 1.165) is 42.3 Å². The summed E-state index contributed by atoms with van der Waals surface area (Å²) in [6.07, 6.45) is 0.697. The maximum Gasteiger partial charge on any atom is 0.165 e. The monoisotopic (exact) mass is 425 g/mol. The van der Waals surface area contributed by atoms with Gasteiger partial charge in [-0.15, -0.1) is 0 Å². The van der Waals surface area contributed by atoms with Crippen LogP contribution >= 0.6 is 0 Å². The van der Waals surface area contributed by atoms with Crippen molar-refractivity contribution in [2.45, 2.75) is 25.0 Å². The molecule has 164 valence electrons. The highest BCUT2D eigenvalue weighted by Crippen LogP contribution is 2.34. The van der Waals surface area contributed by atoms with Gasteiger partial charge in [0, 0.05) is 25.2 Å². The van der Waals surface area contributed by atoms with Crippen molar-refractivity contribution in [1.29, 1.82) is 0 Å². The summed E-state index contributed by atoms with van der Waals surface area (Å²) in [5.74, 6) is 0.541. The third-order valence-electron chi connectivity index (χ3n) is 5.76. The number of nitrogens with zero attached hydrogens (tertiary/aromatic N) is 1. The minimum absolute atomic E-state index is 0.211. The standard InChI is InChI=1S/C25H28FNO4/c1-30-25-23(3-2-4-24(25)26)19-6-5-18-14-22(8-7-17(18)13-19)31-16-21(29)15-27-11-9-20(28)10-12-27/h2-8,13-14,20-21,28-29H,9-12,15-16H2,1H3. The summed E-state index contributed by atoms with van der Waals surface area (Å²) >= 11 is 0. The van der Waals surface area contributed by atoms with Gasteiger partial charge in [-0.25, -0.2) is 4.39 Å². The Morgan fingerprint density at radius 2 is 1.81 bits per heavy atom. The molecule has 5 nitrogen and oxygen atoms in total. The Balaban J connectivity index is 1.42. The second kappa shape index (κ2) is 9.64. The highest BCUT2D eigenvalue weighted by atomic mass is 19.1. The number of likely N-dealkylation sites (tertiary alicyclic amines) is 1. The fraction of sp³-hybridized carbons (Fsp3) is 0.360. The molecule has 0 radical (unpaired) electrons. The van der Waals surface area contributed by atoms with E-state index < -0.39 is 6.10 Å². The number of halogens is 1. The number of β-amino-alcohol motifs (C(OH)–C–C–N with tert-alkyl or cyclic N) is 1. The molecule has 0 amide bonds. The SMILES string of the molecule is COc1c(F)cccc1-c1ccc2cc(OCC(O)CN3CCC(O)CC3)ccc2c1. The van der Waals surface area contributed by atoms with E-state index in [4.69, 9.17) is 9.47 Å². The van der Waals surface area contributed by atoms with Crippen LogP contribution in [0.2, 0.25) is 0 Å². The first-order valence-corrected chi connectivity index (χ1v) is 10.6. The quantitative estimate of drug-likeness (QED) is 0.602. The van der Waals surface area contributed by atoms with E-state index in [1.807, 2.05) is 42.5 Å². The fourth-order valence-electron chi connectivity index (χ4n) is 4.07. The molecule has 0 bridgehead atoms. The lowest BCUT2D eigenvalue weighted by Gasteiger charge is -2.30. The number of fused-ring (bicyclic) bond motifs is 1. The third kappa shape index (κ3) is 5.15. The van der Waals surface area contributed by atoms with Gasteiger partial charge in [-0.05, 0) is 53.4 Å². The van der Waals surface area contributed by atoms with Crippen molar-refractivity contribution >= 4 is 10.8 Å².